The molecule has 0 saturated carbocycles. The van der Waals surface area contributed by atoms with E-state index in [0.29, 0.717) is 0 Å². The second-order valence-electron chi connectivity index (χ2n) is 5.58. The third kappa shape index (κ3) is 3.52. The molecule has 0 saturated heterocycles. The molecule has 0 amide bonds. The Morgan fingerprint density at radius 1 is 1.24 bits per heavy atom. The lowest BCUT2D eigenvalue weighted by Gasteiger charge is -2.18. The number of nitrogens with two attached hydrogens (primary N) is 1. The number of benzene rings is 1. The molecule has 0 aliphatic carbocycles. The van der Waals surface area contributed by atoms with Crippen molar-refractivity contribution in [1.82, 2.24) is 15.2 Å². The first-order valence-corrected chi connectivity index (χ1v) is 7.67. The van der Waals surface area contributed by atoms with Crippen LogP contribution in [-0.2, 0) is 19.4 Å². The minimum atomic E-state index is 0.0817. The van der Waals surface area contributed by atoms with E-state index in [1.807, 2.05) is 0 Å². The van der Waals surface area contributed by atoms with Gasteiger partial charge in [0.1, 0.15) is 0 Å². The maximum atomic E-state index is 5.82. The van der Waals surface area contributed by atoms with E-state index in [1.165, 1.54) is 16.7 Å². The Balaban J connectivity index is 2.31. The Hall–Kier alpha value is -1.65. The summed E-state index contributed by atoms with van der Waals surface area (Å²) in [4.78, 5) is 0. The third-order valence-corrected chi connectivity index (χ3v) is 4.01. The molecule has 2 rings (SSSR count). The summed E-state index contributed by atoms with van der Waals surface area (Å²) in [6.07, 6.45) is 1.82. The van der Waals surface area contributed by atoms with Crippen molar-refractivity contribution in [3.63, 3.8) is 0 Å². The van der Waals surface area contributed by atoms with Crippen LogP contribution in [0.4, 0.5) is 0 Å². The van der Waals surface area contributed by atoms with Crippen molar-refractivity contribution in [1.29, 1.82) is 0 Å². The van der Waals surface area contributed by atoms with Gasteiger partial charge in [-0.1, -0.05) is 30.7 Å². The largest absolute Gasteiger partial charge is 0.271 e. The van der Waals surface area contributed by atoms with Crippen LogP contribution in [0.25, 0.3) is 0 Å². The van der Waals surface area contributed by atoms with Crippen LogP contribution in [0.2, 0.25) is 0 Å². The zero-order valence-electron chi connectivity index (χ0n) is 13.5. The van der Waals surface area contributed by atoms with E-state index in [1.54, 1.807) is 0 Å². The van der Waals surface area contributed by atoms with E-state index >= 15 is 0 Å². The summed E-state index contributed by atoms with van der Waals surface area (Å²) in [5.41, 5.74) is 9.17. The van der Waals surface area contributed by atoms with Gasteiger partial charge in [0.25, 0.3) is 0 Å². The quantitative estimate of drug-likeness (QED) is 0.634. The highest BCUT2D eigenvalue weighted by Crippen LogP contribution is 2.22. The smallest absolute Gasteiger partial charge is 0.0669 e. The van der Waals surface area contributed by atoms with Crippen LogP contribution < -0.4 is 11.3 Å². The van der Waals surface area contributed by atoms with Gasteiger partial charge in [0.15, 0.2) is 0 Å². The average Bonchev–Trinajstić information content (AvgIpc) is 2.91. The fourth-order valence-electron chi connectivity index (χ4n) is 2.68. The van der Waals surface area contributed by atoms with Crippen molar-refractivity contribution >= 4 is 0 Å². The van der Waals surface area contributed by atoms with E-state index in [2.05, 4.69) is 67.2 Å². The molecular formula is C17H26N4. The van der Waals surface area contributed by atoms with Gasteiger partial charge in [-0.15, -0.1) is 0 Å². The molecule has 1 unspecified atom stereocenters. The molecule has 0 bridgehead atoms. The van der Waals surface area contributed by atoms with Crippen LogP contribution in [0.5, 0.6) is 0 Å². The number of rotatable bonds is 6. The molecule has 0 radical (unpaired) electrons. The van der Waals surface area contributed by atoms with Crippen molar-refractivity contribution < 1.29 is 0 Å². The topological polar surface area (TPSA) is 55.9 Å². The van der Waals surface area contributed by atoms with E-state index in [-0.39, 0.29) is 6.04 Å². The highest BCUT2D eigenvalue weighted by Gasteiger charge is 2.17. The molecule has 0 aliphatic heterocycles. The number of hydrogen-bond acceptors (Lipinski definition) is 3. The molecule has 1 aromatic carbocycles. The van der Waals surface area contributed by atoms with Gasteiger partial charge in [0, 0.05) is 6.54 Å². The fourth-order valence-corrected chi connectivity index (χ4v) is 2.68. The van der Waals surface area contributed by atoms with E-state index in [0.717, 1.165) is 30.8 Å². The summed E-state index contributed by atoms with van der Waals surface area (Å²) in [5.74, 6) is 5.82. The molecule has 1 aromatic heterocycles. The summed E-state index contributed by atoms with van der Waals surface area (Å²) >= 11 is 0. The summed E-state index contributed by atoms with van der Waals surface area (Å²) in [6, 6.07) is 8.81. The predicted octanol–water partition coefficient (Wildman–Crippen LogP) is 2.83. The van der Waals surface area contributed by atoms with Gasteiger partial charge in [-0.3, -0.25) is 16.0 Å². The lowest BCUT2D eigenvalue weighted by Crippen LogP contribution is -2.31. The van der Waals surface area contributed by atoms with Crippen LogP contribution in [0.3, 0.4) is 0 Å². The maximum Gasteiger partial charge on any atom is 0.0669 e. The number of aryl methyl sites for hydroxylation is 4. The average molecular weight is 286 g/mol. The zero-order chi connectivity index (χ0) is 15.4. The first-order valence-electron chi connectivity index (χ1n) is 7.67. The van der Waals surface area contributed by atoms with Crippen LogP contribution in [0.1, 0.15) is 48.0 Å². The highest BCUT2D eigenvalue weighted by molar-refractivity contribution is 5.32. The molecule has 1 heterocycles. The summed E-state index contributed by atoms with van der Waals surface area (Å²) in [5, 5.41) is 4.62. The molecule has 0 fully saturated rings. The Morgan fingerprint density at radius 2 is 2.00 bits per heavy atom. The molecule has 1 atom stereocenters. The van der Waals surface area contributed by atoms with E-state index < -0.39 is 0 Å². The predicted molar refractivity (Wildman–Crippen MR) is 87.0 cm³/mol. The van der Waals surface area contributed by atoms with Gasteiger partial charge >= 0.3 is 0 Å². The first-order chi connectivity index (χ1) is 10.1. The van der Waals surface area contributed by atoms with Gasteiger partial charge in [0.2, 0.25) is 0 Å². The molecule has 4 heteroatoms. The van der Waals surface area contributed by atoms with Crippen molar-refractivity contribution in [2.45, 2.75) is 53.1 Å². The van der Waals surface area contributed by atoms with E-state index in [4.69, 9.17) is 5.84 Å². The maximum absolute atomic E-state index is 5.82. The molecule has 2 aromatic rings. The number of nitrogens with one attached hydrogen (secondary N) is 1. The molecule has 114 valence electrons. The normalized spacial score (nSPS) is 12.6. The minimum absolute atomic E-state index is 0.0817. The standard InChI is InChI=1S/C17H26N4/c1-5-15-11-17(21(6-2)20-15)16(19-18)10-14-9-12(3)7-8-13(14)4/h7-9,11,16,19H,5-6,10,18H2,1-4H3. The number of nitrogens with zero attached hydrogens (tertiary/aromatic N) is 2. The van der Waals surface area contributed by atoms with Crippen molar-refractivity contribution in [3.05, 3.63) is 52.3 Å². The SMILES string of the molecule is CCc1cc(C(Cc2cc(C)ccc2C)NN)n(CC)n1. The monoisotopic (exact) mass is 286 g/mol. The van der Waals surface area contributed by atoms with Crippen molar-refractivity contribution in [3.8, 4) is 0 Å². The molecule has 4 nitrogen and oxygen atoms in total. The third-order valence-electron chi connectivity index (χ3n) is 4.01. The molecule has 0 spiro atoms. The summed E-state index contributed by atoms with van der Waals surface area (Å²) in [7, 11) is 0. The first kappa shape index (κ1) is 15.7. The van der Waals surface area contributed by atoms with Crippen LogP contribution >= 0.6 is 0 Å². The molecular weight excluding hydrogens is 260 g/mol. The molecule has 0 aliphatic rings. The Kier molecular flexibility index (Phi) is 5.15. The van der Waals surface area contributed by atoms with Gasteiger partial charge in [-0.2, -0.15) is 5.10 Å². The number of hydrogen-bond donors (Lipinski definition) is 2. The van der Waals surface area contributed by atoms with Crippen molar-refractivity contribution in [2.24, 2.45) is 5.84 Å². The second kappa shape index (κ2) is 6.87. The molecule has 21 heavy (non-hydrogen) atoms. The fraction of sp³-hybridized carbons (Fsp3) is 0.471. The lowest BCUT2D eigenvalue weighted by atomic mass is 9.97. The summed E-state index contributed by atoms with van der Waals surface area (Å²) in [6.45, 7) is 9.37. The van der Waals surface area contributed by atoms with E-state index in [9.17, 15) is 0 Å². The Bertz CT molecular complexity index is 601. The van der Waals surface area contributed by atoms with Gasteiger partial charge in [-0.25, -0.2) is 0 Å². The molecule has 3 N–H and O–H groups in total. The summed E-state index contributed by atoms with van der Waals surface area (Å²) < 4.78 is 2.05. The zero-order valence-corrected chi connectivity index (χ0v) is 13.5. The van der Waals surface area contributed by atoms with Gasteiger partial charge in [0.05, 0.1) is 17.4 Å². The lowest BCUT2D eigenvalue weighted by molar-refractivity contribution is 0.489. The Labute approximate surface area is 127 Å². The number of aromatic nitrogens is 2. The van der Waals surface area contributed by atoms with Crippen LogP contribution in [0.15, 0.2) is 24.3 Å². The Morgan fingerprint density at radius 3 is 2.62 bits per heavy atom. The minimum Gasteiger partial charge on any atom is -0.271 e. The van der Waals surface area contributed by atoms with Crippen molar-refractivity contribution in [2.75, 3.05) is 0 Å². The van der Waals surface area contributed by atoms with Gasteiger partial charge in [-0.05, 0) is 50.8 Å². The van der Waals surface area contributed by atoms with Gasteiger partial charge < -0.3 is 0 Å². The van der Waals surface area contributed by atoms with Crippen LogP contribution in [0, 0.1) is 13.8 Å². The highest BCUT2D eigenvalue weighted by atomic mass is 15.3. The second-order valence-corrected chi connectivity index (χ2v) is 5.58. The number of hydrazine groups is 1. The van der Waals surface area contributed by atoms with Crippen LogP contribution in [-0.4, -0.2) is 9.78 Å².